The summed E-state index contributed by atoms with van der Waals surface area (Å²) < 4.78 is 5.78. The first-order valence-electron chi connectivity index (χ1n) is 9.00. The normalized spacial score (nSPS) is 11.9. The van der Waals surface area contributed by atoms with Gasteiger partial charge in [-0.05, 0) is 41.8 Å². The molecule has 0 spiro atoms. The molecule has 0 aliphatic carbocycles. The molecule has 0 saturated heterocycles. The molecule has 0 radical (unpaired) electrons. The molecule has 3 aromatic carbocycles. The molecule has 1 atom stereocenters. The van der Waals surface area contributed by atoms with E-state index in [4.69, 9.17) is 4.74 Å². The fourth-order valence-corrected chi connectivity index (χ4v) is 2.76. The number of hydrogen-bond acceptors (Lipinski definition) is 3. The summed E-state index contributed by atoms with van der Waals surface area (Å²) in [6, 6.07) is 28.1. The van der Waals surface area contributed by atoms with Crippen molar-refractivity contribution in [2.75, 3.05) is 13.1 Å². The fourth-order valence-electron chi connectivity index (χ4n) is 2.76. The first-order valence-corrected chi connectivity index (χ1v) is 9.00. The third-order valence-corrected chi connectivity index (χ3v) is 4.28. The first kappa shape index (κ1) is 18.2. The Balaban J connectivity index is 1.41. The minimum atomic E-state index is -0.519. The Morgan fingerprint density at radius 2 is 1.38 bits per heavy atom. The standard InChI is InChI=1S/C23H25NO2/c25-23(17-24-16-15-19-7-3-1-4-8-19)21-11-13-22(14-12-21)26-18-20-9-5-2-6-10-20/h1-14,23-25H,15-18H2. The number of aliphatic hydroxyl groups excluding tert-OH is 1. The van der Waals surface area contributed by atoms with Crippen molar-refractivity contribution in [2.24, 2.45) is 0 Å². The summed E-state index contributed by atoms with van der Waals surface area (Å²) in [4.78, 5) is 0. The van der Waals surface area contributed by atoms with Crippen LogP contribution in [0.5, 0.6) is 5.75 Å². The third kappa shape index (κ3) is 5.73. The average Bonchev–Trinajstić information content (AvgIpc) is 2.71. The lowest BCUT2D eigenvalue weighted by molar-refractivity contribution is 0.175. The first-order chi connectivity index (χ1) is 12.8. The van der Waals surface area contributed by atoms with Crippen molar-refractivity contribution in [1.29, 1.82) is 0 Å². The second-order valence-corrected chi connectivity index (χ2v) is 6.30. The molecule has 0 heterocycles. The summed E-state index contributed by atoms with van der Waals surface area (Å²) >= 11 is 0. The summed E-state index contributed by atoms with van der Waals surface area (Å²) in [6.07, 6.45) is 0.439. The molecular formula is C23H25NO2. The summed E-state index contributed by atoms with van der Waals surface area (Å²) in [7, 11) is 0. The molecule has 0 aliphatic rings. The number of ether oxygens (including phenoxy) is 1. The zero-order chi connectivity index (χ0) is 18.0. The molecule has 1 unspecified atom stereocenters. The third-order valence-electron chi connectivity index (χ3n) is 4.28. The Morgan fingerprint density at radius 3 is 2.04 bits per heavy atom. The number of rotatable bonds is 9. The van der Waals surface area contributed by atoms with E-state index in [1.54, 1.807) is 0 Å². The van der Waals surface area contributed by atoms with Gasteiger partial charge in [-0.25, -0.2) is 0 Å². The van der Waals surface area contributed by atoms with E-state index in [1.165, 1.54) is 5.56 Å². The highest BCUT2D eigenvalue weighted by molar-refractivity contribution is 5.29. The lowest BCUT2D eigenvalue weighted by Crippen LogP contribution is -2.23. The number of benzene rings is 3. The van der Waals surface area contributed by atoms with E-state index in [0.29, 0.717) is 13.2 Å². The molecule has 0 aromatic heterocycles. The van der Waals surface area contributed by atoms with E-state index in [0.717, 1.165) is 29.8 Å². The molecule has 3 aromatic rings. The number of hydrogen-bond donors (Lipinski definition) is 2. The summed E-state index contributed by atoms with van der Waals surface area (Å²) in [5.41, 5.74) is 3.33. The van der Waals surface area contributed by atoms with Gasteiger partial charge in [0.2, 0.25) is 0 Å². The van der Waals surface area contributed by atoms with Crippen LogP contribution in [-0.2, 0) is 13.0 Å². The molecule has 26 heavy (non-hydrogen) atoms. The molecule has 0 fully saturated rings. The van der Waals surface area contributed by atoms with E-state index in [-0.39, 0.29) is 0 Å². The van der Waals surface area contributed by atoms with Crippen LogP contribution in [0.25, 0.3) is 0 Å². The number of aliphatic hydroxyl groups is 1. The highest BCUT2D eigenvalue weighted by atomic mass is 16.5. The van der Waals surface area contributed by atoms with Crippen LogP contribution >= 0.6 is 0 Å². The van der Waals surface area contributed by atoms with Crippen LogP contribution in [0, 0.1) is 0 Å². The van der Waals surface area contributed by atoms with Gasteiger partial charge in [0, 0.05) is 6.54 Å². The second-order valence-electron chi connectivity index (χ2n) is 6.30. The van der Waals surface area contributed by atoms with Crippen molar-refractivity contribution in [3.8, 4) is 5.75 Å². The van der Waals surface area contributed by atoms with Gasteiger partial charge in [-0.15, -0.1) is 0 Å². The Hall–Kier alpha value is -2.62. The van der Waals surface area contributed by atoms with Crippen molar-refractivity contribution in [3.63, 3.8) is 0 Å². The maximum atomic E-state index is 10.3. The average molecular weight is 347 g/mol. The zero-order valence-corrected chi connectivity index (χ0v) is 14.8. The predicted molar refractivity (Wildman–Crippen MR) is 105 cm³/mol. The Labute approximate surface area is 155 Å². The molecule has 2 N–H and O–H groups in total. The van der Waals surface area contributed by atoms with Crippen molar-refractivity contribution in [3.05, 3.63) is 102 Å². The van der Waals surface area contributed by atoms with Crippen LogP contribution < -0.4 is 10.1 Å². The Kier molecular flexibility index (Phi) is 6.82. The molecule has 0 bridgehead atoms. The highest BCUT2D eigenvalue weighted by Gasteiger charge is 2.07. The molecule has 3 rings (SSSR count). The van der Waals surface area contributed by atoms with Gasteiger partial charge < -0.3 is 15.2 Å². The van der Waals surface area contributed by atoms with Gasteiger partial charge in [-0.2, -0.15) is 0 Å². The molecular weight excluding hydrogens is 322 g/mol. The minimum absolute atomic E-state index is 0.519. The highest BCUT2D eigenvalue weighted by Crippen LogP contribution is 2.18. The monoisotopic (exact) mass is 347 g/mol. The van der Waals surface area contributed by atoms with Gasteiger partial charge in [0.15, 0.2) is 0 Å². The molecule has 0 aliphatic heterocycles. The van der Waals surface area contributed by atoms with Gasteiger partial charge in [-0.1, -0.05) is 72.8 Å². The summed E-state index contributed by atoms with van der Waals surface area (Å²) in [5.74, 6) is 0.807. The number of nitrogens with one attached hydrogen (secondary N) is 1. The lowest BCUT2D eigenvalue weighted by Gasteiger charge is -2.13. The zero-order valence-electron chi connectivity index (χ0n) is 14.8. The quantitative estimate of drug-likeness (QED) is 0.572. The van der Waals surface area contributed by atoms with E-state index >= 15 is 0 Å². The molecule has 134 valence electrons. The smallest absolute Gasteiger partial charge is 0.119 e. The molecule has 0 amide bonds. The van der Waals surface area contributed by atoms with Gasteiger partial charge >= 0.3 is 0 Å². The topological polar surface area (TPSA) is 41.5 Å². The maximum absolute atomic E-state index is 10.3. The largest absolute Gasteiger partial charge is 0.489 e. The molecule has 0 saturated carbocycles. The summed E-state index contributed by atoms with van der Waals surface area (Å²) in [6.45, 7) is 1.93. The predicted octanol–water partition coefficient (Wildman–Crippen LogP) is 4.13. The molecule has 3 heteroatoms. The van der Waals surface area contributed by atoms with Gasteiger partial charge in [0.1, 0.15) is 12.4 Å². The summed E-state index contributed by atoms with van der Waals surface area (Å²) in [5, 5.41) is 13.6. The van der Waals surface area contributed by atoms with Gasteiger partial charge in [0.25, 0.3) is 0 Å². The van der Waals surface area contributed by atoms with Gasteiger partial charge in [0.05, 0.1) is 6.10 Å². The van der Waals surface area contributed by atoms with Crippen LogP contribution in [-0.4, -0.2) is 18.2 Å². The Morgan fingerprint density at radius 1 is 0.769 bits per heavy atom. The second kappa shape index (κ2) is 9.76. The van der Waals surface area contributed by atoms with E-state index in [1.807, 2.05) is 72.8 Å². The minimum Gasteiger partial charge on any atom is -0.489 e. The van der Waals surface area contributed by atoms with Crippen LogP contribution in [0.3, 0.4) is 0 Å². The SMILES string of the molecule is OC(CNCCc1ccccc1)c1ccc(OCc2ccccc2)cc1. The maximum Gasteiger partial charge on any atom is 0.119 e. The van der Waals surface area contributed by atoms with Crippen molar-refractivity contribution >= 4 is 0 Å². The van der Waals surface area contributed by atoms with Crippen LogP contribution in [0.2, 0.25) is 0 Å². The van der Waals surface area contributed by atoms with Crippen LogP contribution in [0.15, 0.2) is 84.9 Å². The van der Waals surface area contributed by atoms with E-state index in [9.17, 15) is 5.11 Å². The Bertz CT molecular complexity index is 757. The fraction of sp³-hybridized carbons (Fsp3) is 0.217. The van der Waals surface area contributed by atoms with Crippen LogP contribution in [0.4, 0.5) is 0 Å². The molecule has 3 nitrogen and oxygen atoms in total. The van der Waals surface area contributed by atoms with Crippen LogP contribution in [0.1, 0.15) is 22.8 Å². The van der Waals surface area contributed by atoms with Gasteiger partial charge in [-0.3, -0.25) is 0 Å². The lowest BCUT2D eigenvalue weighted by atomic mass is 10.1. The van der Waals surface area contributed by atoms with E-state index in [2.05, 4.69) is 17.4 Å². The van der Waals surface area contributed by atoms with E-state index < -0.39 is 6.10 Å². The van der Waals surface area contributed by atoms with Crippen molar-refractivity contribution < 1.29 is 9.84 Å². The van der Waals surface area contributed by atoms with Crippen molar-refractivity contribution in [1.82, 2.24) is 5.32 Å². The van der Waals surface area contributed by atoms with Crippen molar-refractivity contribution in [2.45, 2.75) is 19.1 Å².